The highest BCUT2D eigenvalue weighted by Crippen LogP contribution is 2.18. The molecular weight excluding hydrogens is 260 g/mol. The van der Waals surface area contributed by atoms with Crippen LogP contribution in [-0.2, 0) is 6.54 Å². The Bertz CT molecular complexity index is 704. The summed E-state index contributed by atoms with van der Waals surface area (Å²) in [7, 11) is 0. The molecule has 4 nitrogen and oxygen atoms in total. The van der Waals surface area contributed by atoms with Crippen molar-refractivity contribution in [2.24, 2.45) is 0 Å². The molecule has 0 amide bonds. The highest BCUT2D eigenvalue weighted by atomic mass is 15.3. The summed E-state index contributed by atoms with van der Waals surface area (Å²) in [5.74, 6) is 0.908. The normalized spacial score (nSPS) is 10.5. The van der Waals surface area contributed by atoms with Crippen molar-refractivity contribution in [1.29, 1.82) is 0 Å². The fraction of sp³-hybridized carbons (Fsp3) is 0.176. The van der Waals surface area contributed by atoms with E-state index in [2.05, 4.69) is 40.7 Å². The quantitative estimate of drug-likeness (QED) is 0.777. The predicted octanol–water partition coefficient (Wildman–Crippen LogP) is 3.43. The number of hydrogen-bond donors (Lipinski definition) is 1. The topological polar surface area (TPSA) is 42.7 Å². The monoisotopic (exact) mass is 278 g/mol. The van der Waals surface area contributed by atoms with Crippen LogP contribution in [0.3, 0.4) is 0 Å². The van der Waals surface area contributed by atoms with E-state index < -0.39 is 0 Å². The minimum Gasteiger partial charge on any atom is -0.370 e. The SMILES string of the molecule is CCNc1cccc(Cn2cc(-c3ccccc3)cn2)n1. The van der Waals surface area contributed by atoms with E-state index in [4.69, 9.17) is 0 Å². The Kier molecular flexibility index (Phi) is 3.96. The van der Waals surface area contributed by atoms with Crippen LogP contribution >= 0.6 is 0 Å². The van der Waals surface area contributed by atoms with E-state index in [9.17, 15) is 0 Å². The zero-order valence-corrected chi connectivity index (χ0v) is 12.0. The Morgan fingerprint density at radius 3 is 2.67 bits per heavy atom. The van der Waals surface area contributed by atoms with Gasteiger partial charge < -0.3 is 5.32 Å². The zero-order chi connectivity index (χ0) is 14.5. The van der Waals surface area contributed by atoms with Gasteiger partial charge in [0.2, 0.25) is 0 Å². The molecule has 3 rings (SSSR count). The van der Waals surface area contributed by atoms with Crippen LogP contribution in [0.4, 0.5) is 5.82 Å². The molecule has 2 aromatic heterocycles. The molecular formula is C17H18N4. The Labute approximate surface area is 124 Å². The second kappa shape index (κ2) is 6.22. The number of aromatic nitrogens is 3. The maximum Gasteiger partial charge on any atom is 0.126 e. The summed E-state index contributed by atoms with van der Waals surface area (Å²) >= 11 is 0. The first-order valence-electron chi connectivity index (χ1n) is 7.13. The number of rotatable bonds is 5. The van der Waals surface area contributed by atoms with Crippen LogP contribution in [0.15, 0.2) is 60.9 Å². The fourth-order valence-electron chi connectivity index (χ4n) is 2.24. The van der Waals surface area contributed by atoms with Gasteiger partial charge in [-0.2, -0.15) is 5.10 Å². The molecule has 1 N–H and O–H groups in total. The van der Waals surface area contributed by atoms with Crippen LogP contribution in [-0.4, -0.2) is 21.3 Å². The van der Waals surface area contributed by atoms with Gasteiger partial charge in [0.1, 0.15) is 5.82 Å². The van der Waals surface area contributed by atoms with Gasteiger partial charge in [-0.3, -0.25) is 4.68 Å². The van der Waals surface area contributed by atoms with Crippen molar-refractivity contribution in [2.75, 3.05) is 11.9 Å². The van der Waals surface area contributed by atoms with Gasteiger partial charge in [0.15, 0.2) is 0 Å². The van der Waals surface area contributed by atoms with E-state index in [1.807, 2.05) is 47.3 Å². The van der Waals surface area contributed by atoms with E-state index in [0.717, 1.165) is 23.6 Å². The summed E-state index contributed by atoms with van der Waals surface area (Å²) in [4.78, 5) is 4.57. The molecule has 2 heterocycles. The summed E-state index contributed by atoms with van der Waals surface area (Å²) in [6, 6.07) is 16.3. The van der Waals surface area contributed by atoms with Gasteiger partial charge in [0, 0.05) is 18.3 Å². The van der Waals surface area contributed by atoms with E-state index in [1.54, 1.807) is 0 Å². The van der Waals surface area contributed by atoms with Crippen LogP contribution in [0.5, 0.6) is 0 Å². The first-order valence-corrected chi connectivity index (χ1v) is 7.13. The van der Waals surface area contributed by atoms with Gasteiger partial charge in [0.25, 0.3) is 0 Å². The Morgan fingerprint density at radius 2 is 1.86 bits per heavy atom. The molecule has 0 aliphatic carbocycles. The molecule has 4 heteroatoms. The van der Waals surface area contributed by atoms with Gasteiger partial charge in [-0.1, -0.05) is 36.4 Å². The Hall–Kier alpha value is -2.62. The van der Waals surface area contributed by atoms with E-state index in [0.29, 0.717) is 6.54 Å². The lowest BCUT2D eigenvalue weighted by atomic mass is 10.1. The predicted molar refractivity (Wildman–Crippen MR) is 85.2 cm³/mol. The summed E-state index contributed by atoms with van der Waals surface area (Å²) in [5.41, 5.74) is 3.30. The highest BCUT2D eigenvalue weighted by Gasteiger charge is 2.03. The number of pyridine rings is 1. The lowest BCUT2D eigenvalue weighted by Gasteiger charge is -2.05. The second-order valence-corrected chi connectivity index (χ2v) is 4.84. The molecule has 3 aromatic rings. The molecule has 0 saturated heterocycles. The molecule has 0 atom stereocenters. The van der Waals surface area contributed by atoms with Gasteiger partial charge in [0.05, 0.1) is 18.4 Å². The molecule has 21 heavy (non-hydrogen) atoms. The minimum atomic E-state index is 0.673. The highest BCUT2D eigenvalue weighted by molar-refractivity contribution is 5.61. The lowest BCUT2D eigenvalue weighted by Crippen LogP contribution is -2.05. The molecule has 0 unspecified atom stereocenters. The second-order valence-electron chi connectivity index (χ2n) is 4.84. The molecule has 0 aliphatic rings. The van der Waals surface area contributed by atoms with Crippen LogP contribution in [0.25, 0.3) is 11.1 Å². The van der Waals surface area contributed by atoms with E-state index >= 15 is 0 Å². The third-order valence-electron chi connectivity index (χ3n) is 3.23. The minimum absolute atomic E-state index is 0.673. The van der Waals surface area contributed by atoms with Crippen molar-refractivity contribution in [3.8, 4) is 11.1 Å². The molecule has 0 fully saturated rings. The summed E-state index contributed by atoms with van der Waals surface area (Å²) in [5, 5.41) is 7.64. The van der Waals surface area contributed by atoms with Crippen molar-refractivity contribution in [2.45, 2.75) is 13.5 Å². The maximum atomic E-state index is 4.57. The van der Waals surface area contributed by atoms with Crippen LogP contribution in [0.2, 0.25) is 0 Å². The number of nitrogens with one attached hydrogen (secondary N) is 1. The maximum absolute atomic E-state index is 4.57. The third kappa shape index (κ3) is 3.28. The zero-order valence-electron chi connectivity index (χ0n) is 12.0. The Balaban J connectivity index is 1.77. The van der Waals surface area contributed by atoms with Gasteiger partial charge >= 0.3 is 0 Å². The first-order chi connectivity index (χ1) is 10.3. The molecule has 0 radical (unpaired) electrons. The average Bonchev–Trinajstić information content (AvgIpc) is 2.97. The fourth-order valence-corrected chi connectivity index (χ4v) is 2.24. The van der Waals surface area contributed by atoms with Gasteiger partial charge in [-0.15, -0.1) is 0 Å². The largest absolute Gasteiger partial charge is 0.370 e. The molecule has 1 aromatic carbocycles. The summed E-state index contributed by atoms with van der Waals surface area (Å²) < 4.78 is 1.92. The molecule has 0 saturated carbocycles. The smallest absolute Gasteiger partial charge is 0.126 e. The van der Waals surface area contributed by atoms with Crippen molar-refractivity contribution in [3.63, 3.8) is 0 Å². The Morgan fingerprint density at radius 1 is 1.00 bits per heavy atom. The molecule has 106 valence electrons. The number of hydrogen-bond acceptors (Lipinski definition) is 3. The third-order valence-corrected chi connectivity index (χ3v) is 3.23. The van der Waals surface area contributed by atoms with Crippen LogP contribution < -0.4 is 5.32 Å². The average molecular weight is 278 g/mol. The van der Waals surface area contributed by atoms with Crippen molar-refractivity contribution >= 4 is 5.82 Å². The lowest BCUT2D eigenvalue weighted by molar-refractivity contribution is 0.673. The van der Waals surface area contributed by atoms with Gasteiger partial charge in [-0.05, 0) is 24.6 Å². The van der Waals surface area contributed by atoms with Crippen LogP contribution in [0, 0.1) is 0 Å². The molecule has 0 aliphatic heterocycles. The summed E-state index contributed by atoms with van der Waals surface area (Å²) in [6.07, 6.45) is 3.94. The summed E-state index contributed by atoms with van der Waals surface area (Å²) in [6.45, 7) is 3.61. The van der Waals surface area contributed by atoms with E-state index in [-0.39, 0.29) is 0 Å². The van der Waals surface area contributed by atoms with Gasteiger partial charge in [-0.25, -0.2) is 4.98 Å². The molecule has 0 bridgehead atoms. The van der Waals surface area contributed by atoms with Crippen molar-refractivity contribution < 1.29 is 0 Å². The van der Waals surface area contributed by atoms with E-state index in [1.165, 1.54) is 5.56 Å². The van der Waals surface area contributed by atoms with Crippen molar-refractivity contribution in [1.82, 2.24) is 14.8 Å². The van der Waals surface area contributed by atoms with Crippen LogP contribution in [0.1, 0.15) is 12.6 Å². The number of anilines is 1. The van der Waals surface area contributed by atoms with Crippen molar-refractivity contribution in [3.05, 3.63) is 66.6 Å². The number of nitrogens with zero attached hydrogens (tertiary/aromatic N) is 3. The molecule has 0 spiro atoms. The number of benzene rings is 1. The standard InChI is InChI=1S/C17H18N4/c1-2-18-17-10-6-9-16(20-17)13-21-12-15(11-19-21)14-7-4-3-5-8-14/h3-12H,2,13H2,1H3,(H,18,20). The first kappa shape index (κ1) is 13.4.